The molecule has 0 unspecified atom stereocenters. The second-order valence-electron chi connectivity index (χ2n) is 31.8. The number of hydrogen-bond acceptors (Lipinski definition) is 3. The lowest BCUT2D eigenvalue weighted by Crippen LogP contribution is -2.61. The molecule has 0 saturated carbocycles. The maximum Gasteiger partial charge on any atom is 0.252 e. The minimum atomic E-state index is -0.450. The van der Waals surface area contributed by atoms with Gasteiger partial charge in [0.1, 0.15) is 11.2 Å². The van der Waals surface area contributed by atoms with Gasteiger partial charge in [0, 0.05) is 72.2 Å². The van der Waals surface area contributed by atoms with Crippen molar-refractivity contribution in [3.05, 3.63) is 295 Å². The Bertz CT molecular complexity index is 6240. The van der Waals surface area contributed by atoms with Crippen LogP contribution in [0.15, 0.2) is 277 Å². The number of nitrogens with zero attached hydrogens (tertiary/aromatic N) is 4. The molecule has 0 amide bonds. The first-order valence-corrected chi connectivity index (χ1v) is 35.2. The number of fused-ring (bicyclic) bond motifs is 13. The Kier molecular flexibility index (Phi) is 12.4. The molecule has 3 aromatic heterocycles. The molecule has 16 aromatic rings. The smallest absolute Gasteiger partial charge is 0.252 e. The number of hydrogen-bond donors (Lipinski definition) is 0. The topological polar surface area (TPSA) is 29.5 Å². The highest BCUT2D eigenvalue weighted by Gasteiger charge is 2.46. The lowest BCUT2D eigenvalue weighted by atomic mass is 9.33. The molecule has 13 aromatic carbocycles. The number of furan rings is 1. The van der Waals surface area contributed by atoms with Gasteiger partial charge in [-0.2, -0.15) is 0 Å². The molecule has 5 nitrogen and oxygen atoms in total. The van der Waals surface area contributed by atoms with Crippen molar-refractivity contribution in [3.63, 3.8) is 0 Å². The molecule has 18 rings (SSSR count). The predicted octanol–water partition coefficient (Wildman–Crippen LogP) is 24.1. The lowest BCUT2D eigenvalue weighted by molar-refractivity contribution is 0.590. The Balaban J connectivity index is 1.03. The summed E-state index contributed by atoms with van der Waals surface area (Å²) >= 11 is 0. The zero-order valence-electron chi connectivity index (χ0n) is 63.9. The van der Waals surface area contributed by atoms with Crippen LogP contribution >= 0.6 is 0 Å². The number of rotatable bonds is 7. The van der Waals surface area contributed by atoms with Crippen molar-refractivity contribution in [3.8, 4) is 44.8 Å². The molecule has 486 valence electrons. The summed E-state index contributed by atoms with van der Waals surface area (Å²) in [5.41, 5.74) is 25.6. The molecule has 2 aliphatic rings. The zero-order chi connectivity index (χ0) is 72.8. The molecule has 0 N–H and O–H groups in total. The third-order valence-electron chi connectivity index (χ3n) is 21.4. The predicted molar refractivity (Wildman–Crippen MR) is 428 cm³/mol. The fourth-order valence-electron chi connectivity index (χ4n) is 16.2. The van der Waals surface area contributed by atoms with Crippen LogP contribution in [-0.2, 0) is 21.7 Å². The first kappa shape index (κ1) is 55.9. The molecule has 0 bridgehead atoms. The van der Waals surface area contributed by atoms with Crippen LogP contribution in [0.3, 0.4) is 0 Å². The molecule has 0 saturated heterocycles. The first-order valence-electron chi connectivity index (χ1n) is 37.7. The number of anilines is 6. The highest BCUT2D eigenvalue weighted by Crippen LogP contribution is 2.56. The van der Waals surface area contributed by atoms with E-state index in [2.05, 4.69) is 339 Å². The average molecular weight is 1300 g/mol. The van der Waals surface area contributed by atoms with Crippen molar-refractivity contribution in [2.24, 2.45) is 0 Å². The largest absolute Gasteiger partial charge is 0.456 e. The Morgan fingerprint density at radius 1 is 0.320 bits per heavy atom. The van der Waals surface area contributed by atoms with Gasteiger partial charge in [0.25, 0.3) is 6.71 Å². The Hall–Kier alpha value is -11.1. The van der Waals surface area contributed by atoms with Gasteiger partial charge in [-0.1, -0.05) is 259 Å². The van der Waals surface area contributed by atoms with E-state index in [1.165, 1.54) is 27.5 Å². The minimum absolute atomic E-state index is 0.0996. The number of para-hydroxylation sites is 3. The second kappa shape index (κ2) is 22.2. The van der Waals surface area contributed by atoms with Gasteiger partial charge >= 0.3 is 0 Å². The lowest BCUT2D eigenvalue weighted by Gasteiger charge is -2.46. The monoisotopic (exact) mass is 1300 g/mol. The van der Waals surface area contributed by atoms with Gasteiger partial charge < -0.3 is 23.4 Å². The Morgan fingerprint density at radius 3 is 1.44 bits per heavy atom. The summed E-state index contributed by atoms with van der Waals surface area (Å²) in [7, 11) is 0. The summed E-state index contributed by atoms with van der Waals surface area (Å²) in [6, 6.07) is 87.5. The van der Waals surface area contributed by atoms with E-state index in [0.29, 0.717) is 5.56 Å². The maximum atomic E-state index is 9.67. The van der Waals surface area contributed by atoms with Gasteiger partial charge in [0.15, 0.2) is 0 Å². The number of aromatic nitrogens is 2. The summed E-state index contributed by atoms with van der Waals surface area (Å²) in [5, 5.41) is 6.49. The van der Waals surface area contributed by atoms with Crippen LogP contribution < -0.4 is 26.2 Å². The summed E-state index contributed by atoms with van der Waals surface area (Å²) in [5.74, 6) is 0. The van der Waals surface area contributed by atoms with Crippen molar-refractivity contribution in [2.75, 3.05) is 9.80 Å². The van der Waals surface area contributed by atoms with Crippen molar-refractivity contribution in [1.82, 2.24) is 9.13 Å². The molecule has 0 aliphatic carbocycles. The molecule has 6 heteroatoms. The van der Waals surface area contributed by atoms with Crippen molar-refractivity contribution >= 4 is 123 Å². The van der Waals surface area contributed by atoms with E-state index in [1.807, 2.05) is 6.07 Å². The van der Waals surface area contributed by atoms with Crippen molar-refractivity contribution < 1.29 is 11.3 Å². The van der Waals surface area contributed by atoms with Crippen LogP contribution in [0.2, 0.25) is 0 Å². The zero-order valence-corrected chi connectivity index (χ0v) is 58.9. The fourth-order valence-corrected chi connectivity index (χ4v) is 16.2. The summed E-state index contributed by atoms with van der Waals surface area (Å²) < 4.78 is 58.4. The third kappa shape index (κ3) is 9.57. The van der Waals surface area contributed by atoms with Crippen LogP contribution in [0.1, 0.15) is 112 Å². The first-order chi connectivity index (χ1) is 50.2. The van der Waals surface area contributed by atoms with Gasteiger partial charge in [-0.25, -0.2) is 0 Å². The number of benzene rings is 13. The maximum absolute atomic E-state index is 9.67. The molecule has 0 radical (unpaired) electrons. The quantitative estimate of drug-likeness (QED) is 0.149. The molecular formula is C94H81BN4O. The van der Waals surface area contributed by atoms with Crippen LogP contribution in [0.25, 0.3) is 110 Å². The highest BCUT2D eigenvalue weighted by atomic mass is 16.3. The van der Waals surface area contributed by atoms with E-state index in [4.69, 9.17) is 5.79 Å². The van der Waals surface area contributed by atoms with Gasteiger partial charge in [-0.15, -0.1) is 0 Å². The summed E-state index contributed by atoms with van der Waals surface area (Å²) in [6.45, 7) is 27.0. The van der Waals surface area contributed by atoms with Crippen LogP contribution in [0.4, 0.5) is 34.1 Å². The van der Waals surface area contributed by atoms with Gasteiger partial charge in [-0.3, -0.25) is 0 Å². The van der Waals surface area contributed by atoms with E-state index in [1.54, 1.807) is 0 Å². The van der Waals surface area contributed by atoms with Crippen LogP contribution in [0.5, 0.6) is 0 Å². The Labute approximate surface area is 594 Å². The van der Waals surface area contributed by atoms with Crippen molar-refractivity contribution in [1.29, 1.82) is 0 Å². The average Bonchev–Trinajstić information content (AvgIpc) is 1.11. The minimum Gasteiger partial charge on any atom is -0.456 e. The molecule has 100 heavy (non-hydrogen) atoms. The second-order valence-corrected chi connectivity index (χ2v) is 31.8. The summed E-state index contributed by atoms with van der Waals surface area (Å²) in [6.07, 6.45) is 0. The summed E-state index contributed by atoms with van der Waals surface area (Å²) in [4.78, 5) is 5.10. The standard InChI is InChI=1S/C94H81BN4O/c1-91(2,3)62-39-36-60(37-40-62)68-44-50-79-86(70-32-22-24-34-76(70)96(79)66-30-20-15-21-31-66)89(68)98-80-52-61(58-26-16-13-17-27-58)38-46-74(80)95-75-47-43-67(97-77-48-41-63(92(4,5)6)53-72(77)73-54-64(93(7,8)9)42-49-78(73)97)57-81(75)99(83-56-65(94(10,11)12)55-82(98)88(83)95)90-69(59-28-18-14-19-29-59)45-51-85-87(90)71-33-23-25-35-84(71)100-85/h13-57H,1-12H3/i13D,16D,17D,26D,27D. The Morgan fingerprint density at radius 2 is 0.810 bits per heavy atom. The highest BCUT2D eigenvalue weighted by molar-refractivity contribution is 7.00. The van der Waals surface area contributed by atoms with Crippen molar-refractivity contribution in [2.45, 2.75) is 105 Å². The van der Waals surface area contributed by atoms with E-state index in [9.17, 15) is 5.48 Å². The van der Waals surface area contributed by atoms with E-state index < -0.39 is 18.2 Å². The van der Waals surface area contributed by atoms with Crippen LogP contribution in [-0.4, -0.2) is 15.8 Å². The van der Waals surface area contributed by atoms with E-state index >= 15 is 0 Å². The van der Waals surface area contributed by atoms with Crippen LogP contribution in [0, 0.1) is 0 Å². The molecule has 0 spiro atoms. The molecule has 0 fully saturated rings. The normalized spacial score (nSPS) is 14.0. The van der Waals surface area contributed by atoms with Gasteiger partial charge in [0.05, 0.1) is 45.7 Å². The molecule has 0 atom stereocenters. The third-order valence-corrected chi connectivity index (χ3v) is 21.4. The van der Waals surface area contributed by atoms with E-state index in [0.717, 1.165) is 144 Å². The fraction of sp³-hybridized carbons (Fsp3) is 0.170. The SMILES string of the molecule is [2H]c1c([2H])c([2H])c(-c2ccc3c(c2)N(c2c(-c4ccc(C(C)(C)C)cc4)ccc4c2c2ccccc2n4-c2ccccc2)c2cc(C(C)(C)C)cc4c2B3c2ccc(-n3c5ccc(C(C)(C)C)cc5c5cc(C(C)(C)C)ccc53)cc2N4c2c(-c3ccccc3)ccc3oc4ccccc4c23)c([2H])c1[2H]. The van der Waals surface area contributed by atoms with Gasteiger partial charge in [-0.05, 0) is 180 Å². The molecule has 5 heterocycles. The van der Waals surface area contributed by atoms with E-state index in [-0.39, 0.29) is 46.0 Å². The molecule has 2 aliphatic heterocycles. The molecular weight excluding hydrogens is 1210 g/mol. The van der Waals surface area contributed by atoms with Gasteiger partial charge in [0.2, 0.25) is 0 Å².